The van der Waals surface area contributed by atoms with Crippen molar-refractivity contribution in [2.24, 2.45) is 5.84 Å². The molecule has 0 spiro atoms. The largest absolute Gasteiger partial charge is 0.269 e. The van der Waals surface area contributed by atoms with Gasteiger partial charge in [0.1, 0.15) is 0 Å². The summed E-state index contributed by atoms with van der Waals surface area (Å²) in [6.07, 6.45) is 1.08. The molecule has 0 radical (unpaired) electrons. The highest BCUT2D eigenvalue weighted by Gasteiger charge is 2.39. The maximum atomic E-state index is 6.02. The molecule has 0 aromatic heterocycles. The molecular formula is C16H18N2. The summed E-state index contributed by atoms with van der Waals surface area (Å²) in [5, 5.41) is 1.93. The molecule has 2 aromatic rings. The molecule has 0 bridgehead atoms. The van der Waals surface area contributed by atoms with Gasteiger partial charge in [0.15, 0.2) is 0 Å². The van der Waals surface area contributed by atoms with E-state index < -0.39 is 0 Å². The van der Waals surface area contributed by atoms with Crippen molar-refractivity contribution in [1.82, 2.24) is 5.01 Å². The van der Waals surface area contributed by atoms with E-state index in [0.29, 0.717) is 0 Å². The topological polar surface area (TPSA) is 29.3 Å². The summed E-state index contributed by atoms with van der Waals surface area (Å²) in [4.78, 5) is 0. The normalized spacial score (nSPS) is 18.9. The van der Waals surface area contributed by atoms with Gasteiger partial charge in [-0.05, 0) is 17.5 Å². The van der Waals surface area contributed by atoms with E-state index >= 15 is 0 Å². The first-order valence-corrected chi connectivity index (χ1v) is 6.42. The van der Waals surface area contributed by atoms with Gasteiger partial charge in [-0.25, -0.2) is 5.01 Å². The number of nitrogens with zero attached hydrogens (tertiary/aromatic N) is 1. The van der Waals surface area contributed by atoms with Crippen molar-refractivity contribution in [3.63, 3.8) is 0 Å². The lowest BCUT2D eigenvalue weighted by Gasteiger charge is -2.30. The van der Waals surface area contributed by atoms with Gasteiger partial charge in [-0.1, -0.05) is 60.7 Å². The zero-order valence-corrected chi connectivity index (χ0v) is 10.4. The Morgan fingerprint density at radius 1 is 0.833 bits per heavy atom. The smallest absolute Gasteiger partial charge is 0.0356 e. The highest BCUT2D eigenvalue weighted by Crippen LogP contribution is 2.39. The highest BCUT2D eigenvalue weighted by atomic mass is 15.4. The van der Waals surface area contributed by atoms with Crippen molar-refractivity contribution in [2.45, 2.75) is 11.8 Å². The Morgan fingerprint density at radius 3 is 1.72 bits per heavy atom. The third kappa shape index (κ3) is 1.84. The Hall–Kier alpha value is -1.64. The molecule has 18 heavy (non-hydrogen) atoms. The van der Waals surface area contributed by atoms with E-state index in [0.717, 1.165) is 19.5 Å². The zero-order chi connectivity index (χ0) is 12.4. The molecule has 0 aliphatic carbocycles. The van der Waals surface area contributed by atoms with Gasteiger partial charge < -0.3 is 0 Å². The third-order valence-corrected chi connectivity index (χ3v) is 3.95. The van der Waals surface area contributed by atoms with E-state index in [1.54, 1.807) is 0 Å². The van der Waals surface area contributed by atoms with Gasteiger partial charge in [0.25, 0.3) is 0 Å². The van der Waals surface area contributed by atoms with Crippen LogP contribution in [-0.4, -0.2) is 18.1 Å². The van der Waals surface area contributed by atoms with E-state index in [2.05, 4.69) is 60.7 Å². The number of benzene rings is 2. The van der Waals surface area contributed by atoms with Crippen molar-refractivity contribution in [3.8, 4) is 0 Å². The van der Waals surface area contributed by atoms with Crippen molar-refractivity contribution >= 4 is 0 Å². The molecule has 1 fully saturated rings. The van der Waals surface area contributed by atoms with Gasteiger partial charge in [0, 0.05) is 18.5 Å². The Balaban J connectivity index is 2.11. The third-order valence-electron chi connectivity index (χ3n) is 3.95. The van der Waals surface area contributed by atoms with Crippen LogP contribution in [0.1, 0.15) is 17.5 Å². The maximum absolute atomic E-state index is 6.02. The first kappa shape index (κ1) is 11.5. The molecule has 0 unspecified atom stereocenters. The van der Waals surface area contributed by atoms with Crippen LogP contribution in [-0.2, 0) is 5.41 Å². The average Bonchev–Trinajstić information content (AvgIpc) is 2.84. The summed E-state index contributed by atoms with van der Waals surface area (Å²) >= 11 is 0. The summed E-state index contributed by atoms with van der Waals surface area (Å²) < 4.78 is 0. The second-order valence-electron chi connectivity index (χ2n) is 5.03. The monoisotopic (exact) mass is 238 g/mol. The molecule has 2 nitrogen and oxygen atoms in total. The number of hydrogen-bond acceptors (Lipinski definition) is 2. The van der Waals surface area contributed by atoms with E-state index in [9.17, 15) is 0 Å². The Bertz CT molecular complexity index is 468. The molecule has 1 aliphatic heterocycles. The van der Waals surface area contributed by atoms with E-state index in [1.807, 2.05) is 5.01 Å². The number of hydrazine groups is 1. The molecular weight excluding hydrogens is 220 g/mol. The summed E-state index contributed by atoms with van der Waals surface area (Å²) in [7, 11) is 0. The van der Waals surface area contributed by atoms with Crippen LogP contribution < -0.4 is 5.84 Å². The second kappa shape index (κ2) is 4.56. The molecule has 92 valence electrons. The van der Waals surface area contributed by atoms with Crippen LogP contribution >= 0.6 is 0 Å². The van der Waals surface area contributed by atoms with Crippen LogP contribution in [0.2, 0.25) is 0 Å². The van der Waals surface area contributed by atoms with Crippen molar-refractivity contribution in [1.29, 1.82) is 0 Å². The molecule has 1 heterocycles. The zero-order valence-electron chi connectivity index (χ0n) is 10.4. The minimum absolute atomic E-state index is 0.0528. The van der Waals surface area contributed by atoms with Gasteiger partial charge in [-0.2, -0.15) is 0 Å². The first-order valence-electron chi connectivity index (χ1n) is 6.42. The predicted molar refractivity (Wildman–Crippen MR) is 74.0 cm³/mol. The lowest BCUT2D eigenvalue weighted by atomic mass is 9.74. The van der Waals surface area contributed by atoms with Crippen LogP contribution in [0.25, 0.3) is 0 Å². The fraction of sp³-hybridized carbons (Fsp3) is 0.250. The molecule has 2 heteroatoms. The Kier molecular flexibility index (Phi) is 2.90. The summed E-state index contributed by atoms with van der Waals surface area (Å²) in [6.45, 7) is 1.84. The first-order chi connectivity index (χ1) is 8.81. The van der Waals surface area contributed by atoms with Crippen LogP contribution in [0.4, 0.5) is 0 Å². The standard InChI is InChI=1S/C16H18N2/c17-18-12-11-16(13-18,14-7-3-1-4-8-14)15-9-5-2-6-10-15/h1-10H,11-13,17H2. The number of nitrogens with two attached hydrogens (primary N) is 1. The van der Waals surface area contributed by atoms with Crippen LogP contribution in [0, 0.1) is 0 Å². The van der Waals surface area contributed by atoms with Crippen molar-refractivity contribution in [3.05, 3.63) is 71.8 Å². The number of hydrogen-bond donors (Lipinski definition) is 1. The second-order valence-corrected chi connectivity index (χ2v) is 5.03. The highest BCUT2D eigenvalue weighted by molar-refractivity contribution is 5.41. The van der Waals surface area contributed by atoms with E-state index in [-0.39, 0.29) is 5.41 Å². The minimum Gasteiger partial charge on any atom is -0.269 e. The molecule has 2 aromatic carbocycles. The molecule has 1 aliphatic rings. The molecule has 2 N–H and O–H groups in total. The molecule has 3 rings (SSSR count). The number of rotatable bonds is 2. The fourth-order valence-corrected chi connectivity index (χ4v) is 2.99. The fourth-order valence-electron chi connectivity index (χ4n) is 2.99. The predicted octanol–water partition coefficient (Wildman–Crippen LogP) is 2.55. The summed E-state index contributed by atoms with van der Waals surface area (Å²) in [5.74, 6) is 6.02. The maximum Gasteiger partial charge on any atom is 0.0356 e. The summed E-state index contributed by atoms with van der Waals surface area (Å²) in [5.41, 5.74) is 2.78. The Labute approximate surface area is 108 Å². The lowest BCUT2D eigenvalue weighted by molar-refractivity contribution is 0.335. The van der Waals surface area contributed by atoms with Crippen molar-refractivity contribution < 1.29 is 0 Å². The van der Waals surface area contributed by atoms with E-state index in [4.69, 9.17) is 5.84 Å². The quantitative estimate of drug-likeness (QED) is 0.815. The molecule has 0 amide bonds. The molecule has 0 saturated carbocycles. The van der Waals surface area contributed by atoms with Crippen LogP contribution in [0.15, 0.2) is 60.7 Å². The van der Waals surface area contributed by atoms with Gasteiger partial charge in [-0.15, -0.1) is 0 Å². The summed E-state index contributed by atoms with van der Waals surface area (Å²) in [6, 6.07) is 21.4. The molecule has 1 saturated heterocycles. The van der Waals surface area contributed by atoms with Gasteiger partial charge >= 0.3 is 0 Å². The van der Waals surface area contributed by atoms with Crippen molar-refractivity contribution in [2.75, 3.05) is 13.1 Å². The SMILES string of the molecule is NN1CCC(c2ccccc2)(c2ccccc2)C1. The lowest BCUT2D eigenvalue weighted by Crippen LogP contribution is -2.35. The minimum atomic E-state index is 0.0528. The van der Waals surface area contributed by atoms with Gasteiger partial charge in [0.2, 0.25) is 0 Å². The van der Waals surface area contributed by atoms with Gasteiger partial charge in [0.05, 0.1) is 0 Å². The van der Waals surface area contributed by atoms with Crippen LogP contribution in [0.5, 0.6) is 0 Å². The molecule has 0 atom stereocenters. The Morgan fingerprint density at radius 2 is 1.33 bits per heavy atom. The van der Waals surface area contributed by atoms with Crippen LogP contribution in [0.3, 0.4) is 0 Å². The van der Waals surface area contributed by atoms with E-state index in [1.165, 1.54) is 11.1 Å². The van der Waals surface area contributed by atoms with Gasteiger partial charge in [-0.3, -0.25) is 5.84 Å². The average molecular weight is 238 g/mol.